The Balaban J connectivity index is 1.80. The smallest absolute Gasteiger partial charge is 0.189 e. The highest BCUT2D eigenvalue weighted by Crippen LogP contribution is 2.26. The Morgan fingerprint density at radius 3 is 2.13 bits per heavy atom. The molecule has 0 bridgehead atoms. The van der Waals surface area contributed by atoms with E-state index < -0.39 is 0 Å². The molecule has 0 aliphatic rings. The minimum absolute atomic E-state index is 0.474. The van der Waals surface area contributed by atoms with Gasteiger partial charge in [-0.1, -0.05) is 83.0 Å². The maximum Gasteiger partial charge on any atom is 0.189 e. The molecule has 1 heterocycles. The van der Waals surface area contributed by atoms with Crippen molar-refractivity contribution in [2.75, 3.05) is 0 Å². The normalized spacial score (nSPS) is 10.7. The molecule has 2 nitrogen and oxygen atoms in total. The summed E-state index contributed by atoms with van der Waals surface area (Å²) in [5.41, 5.74) is 5.65. The van der Waals surface area contributed by atoms with E-state index in [0.29, 0.717) is 10.3 Å². The fourth-order valence-corrected chi connectivity index (χ4v) is 3.21. The minimum Gasteiger partial charge on any atom is -0.222 e. The van der Waals surface area contributed by atoms with Crippen LogP contribution in [0, 0.1) is 13.8 Å². The first-order valence-corrected chi connectivity index (χ1v) is 8.76. The Morgan fingerprint density at radius 2 is 1.48 bits per heavy atom. The summed E-state index contributed by atoms with van der Waals surface area (Å²) in [4.78, 5) is 8.96. The molecule has 1 aromatic heterocycles. The molecule has 0 aliphatic carbocycles. The Kier molecular flexibility index (Phi) is 4.99. The predicted molar refractivity (Wildman–Crippen MR) is 98.0 cm³/mol. The molecule has 116 valence electrons. The zero-order valence-corrected chi connectivity index (χ0v) is 14.7. The van der Waals surface area contributed by atoms with Crippen LogP contribution in [0.15, 0.2) is 59.8 Å². The minimum atomic E-state index is 0.474. The van der Waals surface area contributed by atoms with Crippen LogP contribution in [0.2, 0.25) is 5.15 Å². The number of benzene rings is 2. The second-order valence-electron chi connectivity index (χ2n) is 5.50. The molecule has 0 amide bonds. The summed E-state index contributed by atoms with van der Waals surface area (Å²) in [7, 11) is 0. The summed E-state index contributed by atoms with van der Waals surface area (Å²) in [5.74, 6) is 0.827. The van der Waals surface area contributed by atoms with Gasteiger partial charge in [0.1, 0.15) is 5.15 Å². The lowest BCUT2D eigenvalue weighted by Crippen LogP contribution is -1.92. The van der Waals surface area contributed by atoms with Gasteiger partial charge in [-0.25, -0.2) is 9.97 Å². The van der Waals surface area contributed by atoms with Gasteiger partial charge in [-0.15, -0.1) is 0 Å². The van der Waals surface area contributed by atoms with Gasteiger partial charge in [0.05, 0.1) is 5.69 Å². The van der Waals surface area contributed by atoms with Crippen LogP contribution in [-0.2, 0) is 5.75 Å². The maximum atomic E-state index is 6.17. The summed E-state index contributed by atoms with van der Waals surface area (Å²) in [6.45, 7) is 4.16. The molecule has 0 saturated heterocycles. The molecule has 0 aliphatic heterocycles. The molecule has 0 radical (unpaired) electrons. The third-order valence-electron chi connectivity index (χ3n) is 3.51. The van der Waals surface area contributed by atoms with Crippen molar-refractivity contribution in [3.8, 4) is 11.3 Å². The molecule has 0 spiro atoms. The van der Waals surface area contributed by atoms with Crippen molar-refractivity contribution >= 4 is 23.4 Å². The van der Waals surface area contributed by atoms with E-state index in [2.05, 4.69) is 72.3 Å². The molecule has 4 heteroatoms. The first-order valence-electron chi connectivity index (χ1n) is 7.40. The van der Waals surface area contributed by atoms with Gasteiger partial charge in [0.2, 0.25) is 0 Å². The lowest BCUT2D eigenvalue weighted by atomic mass is 10.1. The highest BCUT2D eigenvalue weighted by molar-refractivity contribution is 7.98. The second-order valence-corrected chi connectivity index (χ2v) is 6.83. The Bertz CT molecular complexity index is 799. The quantitative estimate of drug-likeness (QED) is 0.346. The van der Waals surface area contributed by atoms with Crippen molar-refractivity contribution in [3.63, 3.8) is 0 Å². The van der Waals surface area contributed by atoms with Crippen molar-refractivity contribution in [1.29, 1.82) is 0 Å². The number of hydrogen-bond donors (Lipinski definition) is 0. The van der Waals surface area contributed by atoms with Gasteiger partial charge >= 0.3 is 0 Å². The van der Waals surface area contributed by atoms with E-state index in [0.717, 1.165) is 17.0 Å². The predicted octanol–water partition coefficient (Wildman–Crippen LogP) is 5.71. The van der Waals surface area contributed by atoms with E-state index in [4.69, 9.17) is 11.6 Å². The number of aryl methyl sites for hydroxylation is 2. The van der Waals surface area contributed by atoms with Crippen molar-refractivity contribution in [3.05, 3.63) is 76.4 Å². The van der Waals surface area contributed by atoms with E-state index in [1.807, 2.05) is 6.07 Å². The summed E-state index contributed by atoms with van der Waals surface area (Å²) < 4.78 is 0. The molecule has 0 N–H and O–H groups in total. The Hall–Kier alpha value is -1.84. The fourth-order valence-electron chi connectivity index (χ4n) is 2.17. The topological polar surface area (TPSA) is 25.8 Å². The van der Waals surface area contributed by atoms with Crippen LogP contribution in [0.5, 0.6) is 0 Å². The number of nitrogens with zero attached hydrogens (tertiary/aromatic N) is 2. The third kappa shape index (κ3) is 4.34. The van der Waals surface area contributed by atoms with Gasteiger partial charge in [0, 0.05) is 17.4 Å². The average molecular weight is 341 g/mol. The molecule has 3 rings (SSSR count). The molecule has 2 aromatic carbocycles. The highest BCUT2D eigenvalue weighted by atomic mass is 35.5. The number of thioether (sulfide) groups is 1. The Morgan fingerprint density at radius 1 is 0.870 bits per heavy atom. The first kappa shape index (κ1) is 16.0. The van der Waals surface area contributed by atoms with Crippen LogP contribution in [0.4, 0.5) is 0 Å². The van der Waals surface area contributed by atoms with Gasteiger partial charge < -0.3 is 0 Å². The van der Waals surface area contributed by atoms with Gasteiger partial charge in [0.15, 0.2) is 5.16 Å². The van der Waals surface area contributed by atoms with Crippen LogP contribution in [0.3, 0.4) is 0 Å². The van der Waals surface area contributed by atoms with E-state index in [-0.39, 0.29) is 0 Å². The number of rotatable bonds is 4. The van der Waals surface area contributed by atoms with Crippen LogP contribution in [-0.4, -0.2) is 9.97 Å². The molecule has 0 fully saturated rings. The largest absolute Gasteiger partial charge is 0.222 e. The average Bonchev–Trinajstić information content (AvgIpc) is 2.54. The van der Waals surface area contributed by atoms with Crippen LogP contribution >= 0.6 is 23.4 Å². The first-order chi connectivity index (χ1) is 11.1. The van der Waals surface area contributed by atoms with Crippen molar-refractivity contribution in [1.82, 2.24) is 9.97 Å². The fraction of sp³-hybridized carbons (Fsp3) is 0.158. The van der Waals surface area contributed by atoms with Gasteiger partial charge in [-0.2, -0.15) is 0 Å². The summed E-state index contributed by atoms with van der Waals surface area (Å²) >= 11 is 7.77. The van der Waals surface area contributed by atoms with E-state index in [1.165, 1.54) is 16.7 Å². The summed E-state index contributed by atoms with van der Waals surface area (Å²) in [5, 5.41) is 1.18. The van der Waals surface area contributed by atoms with Crippen molar-refractivity contribution in [2.24, 2.45) is 0 Å². The van der Waals surface area contributed by atoms with Crippen LogP contribution < -0.4 is 0 Å². The molecular weight excluding hydrogens is 324 g/mol. The zero-order chi connectivity index (χ0) is 16.2. The lowest BCUT2D eigenvalue weighted by Gasteiger charge is -2.06. The van der Waals surface area contributed by atoms with Crippen molar-refractivity contribution < 1.29 is 0 Å². The van der Waals surface area contributed by atoms with E-state index in [9.17, 15) is 0 Å². The molecule has 3 aromatic rings. The summed E-state index contributed by atoms with van der Waals surface area (Å²) in [6.07, 6.45) is 0. The third-order valence-corrected chi connectivity index (χ3v) is 4.62. The molecule has 0 unspecified atom stereocenters. The maximum absolute atomic E-state index is 6.17. The van der Waals surface area contributed by atoms with E-state index in [1.54, 1.807) is 11.8 Å². The van der Waals surface area contributed by atoms with Crippen LogP contribution in [0.1, 0.15) is 16.7 Å². The number of aromatic nitrogens is 2. The molecule has 0 atom stereocenters. The SMILES string of the molecule is Cc1ccc(CSc2nc(Cl)cc(-c3ccc(C)cc3)n2)cc1. The monoisotopic (exact) mass is 340 g/mol. The summed E-state index contributed by atoms with van der Waals surface area (Å²) in [6, 6.07) is 18.6. The zero-order valence-electron chi connectivity index (χ0n) is 13.1. The van der Waals surface area contributed by atoms with E-state index >= 15 is 0 Å². The van der Waals surface area contributed by atoms with Crippen LogP contribution in [0.25, 0.3) is 11.3 Å². The highest BCUT2D eigenvalue weighted by Gasteiger charge is 2.07. The van der Waals surface area contributed by atoms with Gasteiger partial charge in [-0.3, -0.25) is 0 Å². The number of hydrogen-bond acceptors (Lipinski definition) is 3. The van der Waals surface area contributed by atoms with Gasteiger partial charge in [0.25, 0.3) is 0 Å². The molecule has 0 saturated carbocycles. The molecular formula is C19H17ClN2S. The Labute approximate surface area is 146 Å². The standard InChI is InChI=1S/C19H17ClN2S/c1-13-3-7-15(8-4-13)12-23-19-21-17(11-18(20)22-19)16-9-5-14(2)6-10-16/h3-11H,12H2,1-2H3. The van der Waals surface area contributed by atoms with Crippen molar-refractivity contribution in [2.45, 2.75) is 24.8 Å². The molecule has 23 heavy (non-hydrogen) atoms. The number of halogens is 1. The van der Waals surface area contributed by atoms with Gasteiger partial charge in [-0.05, 0) is 19.4 Å². The second kappa shape index (κ2) is 7.16. The lowest BCUT2D eigenvalue weighted by molar-refractivity contribution is 0.972.